The second-order valence-corrected chi connectivity index (χ2v) is 7.79. The van der Waals surface area contributed by atoms with Crippen molar-refractivity contribution in [2.24, 2.45) is 0 Å². The van der Waals surface area contributed by atoms with E-state index in [9.17, 15) is 97.0 Å². The van der Waals surface area contributed by atoms with Crippen molar-refractivity contribution in [3.63, 3.8) is 0 Å². The third-order valence-corrected chi connectivity index (χ3v) is 4.99. The van der Waals surface area contributed by atoms with E-state index in [4.69, 9.17) is 0 Å². The first-order valence-electron chi connectivity index (χ1n) is 9.40. The molecule has 0 unspecified atom stereocenters. The van der Waals surface area contributed by atoms with Crippen LogP contribution in [0.5, 0.6) is 5.75 Å². The number of ether oxygens (including phenoxy) is 1. The number of esters is 1. The average Bonchev–Trinajstić information content (AvgIpc) is 2.77. The molecular formula is C18H7F21O2. The lowest BCUT2D eigenvalue weighted by molar-refractivity contribution is -0.474. The molecule has 0 heterocycles. The van der Waals surface area contributed by atoms with Crippen LogP contribution in [0.15, 0.2) is 24.3 Å². The number of rotatable bonds is 10. The van der Waals surface area contributed by atoms with Crippen molar-refractivity contribution in [1.29, 1.82) is 0 Å². The van der Waals surface area contributed by atoms with E-state index in [1.54, 1.807) is 0 Å². The van der Waals surface area contributed by atoms with Crippen molar-refractivity contribution in [1.82, 2.24) is 0 Å². The number of hydrogen-bond acceptors (Lipinski definition) is 2. The van der Waals surface area contributed by atoms with Crippen LogP contribution in [0.1, 0.15) is 12.5 Å². The lowest BCUT2D eigenvalue weighted by Crippen LogP contribution is -2.76. The Kier molecular flexibility index (Phi) is 8.51. The van der Waals surface area contributed by atoms with Gasteiger partial charge in [0.05, 0.1) is 0 Å². The Hall–Kier alpha value is -2.78. The second-order valence-electron chi connectivity index (χ2n) is 7.79. The van der Waals surface area contributed by atoms with E-state index in [0.717, 1.165) is 0 Å². The van der Waals surface area contributed by atoms with E-state index in [-0.39, 0.29) is 12.1 Å². The molecule has 1 aromatic rings. The Morgan fingerprint density at radius 2 is 0.732 bits per heavy atom. The fourth-order valence-corrected chi connectivity index (χ4v) is 2.64. The third-order valence-electron chi connectivity index (χ3n) is 4.99. The number of benzene rings is 1. The Bertz CT molecular complexity index is 1120. The molecule has 0 aliphatic rings. The van der Waals surface area contributed by atoms with Crippen molar-refractivity contribution < 1.29 is 102 Å². The molecule has 0 N–H and O–H groups in total. The minimum Gasteiger partial charge on any atom is -0.427 e. The molecule has 0 aliphatic carbocycles. The van der Waals surface area contributed by atoms with Gasteiger partial charge >= 0.3 is 65.4 Å². The molecule has 0 saturated heterocycles. The zero-order chi connectivity index (χ0) is 33.3. The zero-order valence-corrected chi connectivity index (χ0v) is 18.6. The molecule has 23 heteroatoms. The maximum Gasteiger partial charge on any atom is 0.460 e. The van der Waals surface area contributed by atoms with Gasteiger partial charge in [0.15, 0.2) is 0 Å². The molecule has 0 aliphatic heterocycles. The fraction of sp³-hybridized carbons (Fsp3) is 0.611. The van der Waals surface area contributed by atoms with Crippen molar-refractivity contribution in [3.8, 4) is 5.75 Å². The highest BCUT2D eigenvalue weighted by molar-refractivity contribution is 5.69. The van der Waals surface area contributed by atoms with Gasteiger partial charge in [0.25, 0.3) is 0 Å². The number of hydrogen-bond donors (Lipinski definition) is 0. The lowest BCUT2D eigenvalue weighted by atomic mass is 9.85. The van der Waals surface area contributed by atoms with Gasteiger partial charge in [-0.25, -0.2) is 0 Å². The van der Waals surface area contributed by atoms with Crippen LogP contribution in [0.4, 0.5) is 92.2 Å². The third kappa shape index (κ3) is 4.79. The van der Waals surface area contributed by atoms with Crippen molar-refractivity contribution >= 4 is 5.97 Å². The summed E-state index contributed by atoms with van der Waals surface area (Å²) in [5.41, 5.74) is -2.56. The molecule has 0 atom stereocenters. The van der Waals surface area contributed by atoms with Crippen LogP contribution in [0.2, 0.25) is 0 Å². The quantitative estimate of drug-likeness (QED) is 0.144. The van der Waals surface area contributed by atoms with E-state index in [2.05, 4.69) is 4.74 Å². The Morgan fingerprint density at radius 3 is 1.00 bits per heavy atom. The van der Waals surface area contributed by atoms with Gasteiger partial charge in [-0.3, -0.25) is 4.79 Å². The van der Waals surface area contributed by atoms with E-state index in [1.807, 2.05) is 0 Å². The summed E-state index contributed by atoms with van der Waals surface area (Å²) in [5, 5.41) is 0. The predicted octanol–water partition coefficient (Wildman–Crippen LogP) is 8.35. The minimum absolute atomic E-state index is 0.0726. The summed E-state index contributed by atoms with van der Waals surface area (Å²) in [6, 6.07) is -0.686. The smallest absolute Gasteiger partial charge is 0.427 e. The fourth-order valence-electron chi connectivity index (χ4n) is 2.64. The number of carbonyl (C=O) groups is 1. The topological polar surface area (TPSA) is 26.3 Å². The van der Waals surface area contributed by atoms with Gasteiger partial charge in [-0.15, -0.1) is 0 Å². The summed E-state index contributed by atoms with van der Waals surface area (Å²) in [7, 11) is 0. The highest BCUT2D eigenvalue weighted by atomic mass is 19.4. The lowest BCUT2D eigenvalue weighted by Gasteiger charge is -2.44. The number of alkyl halides is 21. The molecule has 1 rings (SSSR count). The molecule has 1 aromatic carbocycles. The monoisotopic (exact) mass is 654 g/mol. The van der Waals surface area contributed by atoms with Crippen LogP contribution in [-0.4, -0.2) is 59.5 Å². The van der Waals surface area contributed by atoms with E-state index < -0.39 is 88.9 Å². The highest BCUT2D eigenvalue weighted by Crippen LogP contribution is 2.66. The van der Waals surface area contributed by atoms with E-state index in [0.29, 0.717) is 6.92 Å². The summed E-state index contributed by atoms with van der Waals surface area (Å²) < 4.78 is 286. The van der Waals surface area contributed by atoms with Gasteiger partial charge in [0.1, 0.15) is 5.75 Å². The molecule has 0 fully saturated rings. The largest absolute Gasteiger partial charge is 0.460 e. The van der Waals surface area contributed by atoms with E-state index in [1.165, 1.54) is 0 Å². The van der Waals surface area contributed by atoms with Crippen LogP contribution in [0, 0.1) is 0 Å². The van der Waals surface area contributed by atoms with Gasteiger partial charge < -0.3 is 4.74 Å². The van der Waals surface area contributed by atoms with Crippen LogP contribution < -0.4 is 4.74 Å². The predicted molar refractivity (Wildman–Crippen MR) is 87.3 cm³/mol. The second kappa shape index (κ2) is 9.63. The standard InChI is InChI=1S/C18H7F21O2/c1-6(40)41-8-4-2-7(3-5-8)9(19,20)10(21,22)11(23,24)12(25,26)13(27,28)14(29,30)15(31,32)16(33,34)17(35,36)18(37,38)39/h2-5H,1H3. The van der Waals surface area contributed by atoms with Gasteiger partial charge in [0, 0.05) is 12.5 Å². The average molecular weight is 654 g/mol. The number of halogens is 21. The van der Waals surface area contributed by atoms with Gasteiger partial charge in [-0.1, -0.05) is 0 Å². The maximum atomic E-state index is 14.2. The molecule has 0 spiro atoms. The molecule has 0 aromatic heterocycles. The normalized spacial score (nSPS) is 15.7. The zero-order valence-electron chi connectivity index (χ0n) is 18.6. The first-order valence-corrected chi connectivity index (χ1v) is 9.40. The molecular weight excluding hydrogens is 647 g/mol. The summed E-state index contributed by atoms with van der Waals surface area (Å²) >= 11 is 0. The summed E-state index contributed by atoms with van der Waals surface area (Å²) in [5.74, 6) is -79.7. The first-order chi connectivity index (χ1) is 17.6. The highest BCUT2D eigenvalue weighted by Gasteiger charge is 2.97. The molecule has 0 bridgehead atoms. The Balaban J connectivity index is 3.77. The summed E-state index contributed by atoms with van der Waals surface area (Å²) in [6.07, 6.45) is -8.03. The number of carbonyl (C=O) groups excluding carboxylic acids is 1. The molecule has 0 radical (unpaired) electrons. The molecule has 41 heavy (non-hydrogen) atoms. The summed E-state index contributed by atoms with van der Waals surface area (Å²) in [4.78, 5) is 10.7. The molecule has 2 nitrogen and oxygen atoms in total. The van der Waals surface area contributed by atoms with E-state index >= 15 is 0 Å². The van der Waals surface area contributed by atoms with Crippen LogP contribution >= 0.6 is 0 Å². The van der Waals surface area contributed by atoms with Crippen LogP contribution in [0.3, 0.4) is 0 Å². The molecule has 0 saturated carbocycles. The Labute approximate surface area is 211 Å². The van der Waals surface area contributed by atoms with Crippen LogP contribution in [-0.2, 0) is 10.7 Å². The van der Waals surface area contributed by atoms with Gasteiger partial charge in [-0.2, -0.15) is 92.2 Å². The van der Waals surface area contributed by atoms with Gasteiger partial charge in [-0.05, 0) is 24.3 Å². The molecule has 0 amide bonds. The Morgan fingerprint density at radius 1 is 0.463 bits per heavy atom. The molecule has 238 valence electrons. The van der Waals surface area contributed by atoms with Gasteiger partial charge in [0.2, 0.25) is 0 Å². The first kappa shape index (κ1) is 36.2. The SMILES string of the molecule is CC(=O)Oc1ccc(C(F)(F)C(F)(F)C(F)(F)C(F)(F)C(F)(F)C(F)(F)C(F)(F)C(F)(F)C(F)(F)C(F)(F)F)cc1. The van der Waals surface area contributed by atoms with Crippen LogP contribution in [0.25, 0.3) is 0 Å². The maximum absolute atomic E-state index is 14.2. The minimum atomic E-state index is -9.22. The van der Waals surface area contributed by atoms with Crippen molar-refractivity contribution in [2.75, 3.05) is 0 Å². The van der Waals surface area contributed by atoms with Crippen molar-refractivity contribution in [3.05, 3.63) is 29.8 Å². The summed E-state index contributed by atoms with van der Waals surface area (Å²) in [6.45, 7) is 0.666. The van der Waals surface area contributed by atoms with Crippen molar-refractivity contribution in [2.45, 2.75) is 66.4 Å².